The molecule has 0 aliphatic rings. The molecule has 0 atom stereocenters. The summed E-state index contributed by atoms with van der Waals surface area (Å²) in [6.45, 7) is 1.08. The number of primary sulfonamides is 1. The number of hydrogen-bond acceptors (Lipinski definition) is 5. The molecule has 1 heterocycles. The van der Waals surface area contributed by atoms with Gasteiger partial charge in [-0.25, -0.2) is 22.9 Å². The Kier molecular flexibility index (Phi) is 6.09. The molecular formula is C18H17FN2O5S. The first-order valence-corrected chi connectivity index (χ1v) is 9.14. The number of para-hydroxylation sites is 1. The van der Waals surface area contributed by atoms with Crippen molar-refractivity contribution in [3.05, 3.63) is 54.3 Å². The molecule has 27 heavy (non-hydrogen) atoms. The minimum absolute atomic E-state index is 0.188. The van der Waals surface area contributed by atoms with E-state index in [0.717, 1.165) is 23.9 Å². The number of benzene rings is 2. The summed E-state index contributed by atoms with van der Waals surface area (Å²) in [4.78, 5) is 13.1. The van der Waals surface area contributed by atoms with E-state index in [-0.39, 0.29) is 16.3 Å². The number of rotatable bonds is 3. The minimum atomic E-state index is -3.96. The van der Waals surface area contributed by atoms with Gasteiger partial charge in [0, 0.05) is 23.4 Å². The van der Waals surface area contributed by atoms with Crippen molar-refractivity contribution in [3.63, 3.8) is 0 Å². The first kappa shape index (κ1) is 20.3. The van der Waals surface area contributed by atoms with Gasteiger partial charge < -0.3 is 9.84 Å². The van der Waals surface area contributed by atoms with Crippen molar-refractivity contribution in [3.8, 4) is 17.0 Å². The fourth-order valence-electron chi connectivity index (χ4n) is 2.34. The lowest BCUT2D eigenvalue weighted by molar-refractivity contribution is -0.134. The fraction of sp³-hybridized carbons (Fsp3) is 0.111. The maximum atomic E-state index is 14.4. The van der Waals surface area contributed by atoms with E-state index in [0.29, 0.717) is 5.56 Å². The number of aliphatic carboxylic acids is 1. The van der Waals surface area contributed by atoms with Gasteiger partial charge in [0.15, 0.2) is 0 Å². The number of hydrogen-bond donors (Lipinski definition) is 2. The number of nitrogens with two attached hydrogens (primary N) is 1. The Morgan fingerprint density at radius 2 is 1.78 bits per heavy atom. The zero-order valence-corrected chi connectivity index (χ0v) is 15.3. The molecule has 3 N–H and O–H groups in total. The molecule has 142 valence electrons. The van der Waals surface area contributed by atoms with Gasteiger partial charge in [-0.15, -0.1) is 0 Å². The summed E-state index contributed by atoms with van der Waals surface area (Å²) in [7, 11) is -2.52. The summed E-state index contributed by atoms with van der Waals surface area (Å²) in [5, 5.41) is 13.2. The summed E-state index contributed by atoms with van der Waals surface area (Å²) < 4.78 is 42.2. The van der Waals surface area contributed by atoms with Crippen LogP contribution >= 0.6 is 0 Å². The van der Waals surface area contributed by atoms with Gasteiger partial charge in [0.05, 0.1) is 17.5 Å². The normalized spacial score (nSPS) is 10.8. The average Bonchev–Trinajstić information content (AvgIpc) is 2.59. The topological polar surface area (TPSA) is 120 Å². The van der Waals surface area contributed by atoms with Gasteiger partial charge in [0.2, 0.25) is 15.9 Å². The summed E-state index contributed by atoms with van der Waals surface area (Å²) in [6.07, 6.45) is 0. The SMILES string of the molecule is CC(=O)O.COc1nc2ccccc2cc1-c1ccc(S(N)(=O)=O)cc1F. The van der Waals surface area contributed by atoms with E-state index in [1.54, 1.807) is 6.07 Å². The number of pyridine rings is 1. The van der Waals surface area contributed by atoms with E-state index >= 15 is 0 Å². The van der Waals surface area contributed by atoms with Crippen LogP contribution in [0.15, 0.2) is 53.4 Å². The lowest BCUT2D eigenvalue weighted by Crippen LogP contribution is -2.12. The van der Waals surface area contributed by atoms with Crippen molar-refractivity contribution in [1.82, 2.24) is 4.98 Å². The Balaban J connectivity index is 0.000000596. The number of halogens is 1. The molecule has 0 saturated heterocycles. The van der Waals surface area contributed by atoms with E-state index in [1.165, 1.54) is 19.2 Å². The monoisotopic (exact) mass is 392 g/mol. The van der Waals surface area contributed by atoms with E-state index < -0.39 is 21.8 Å². The highest BCUT2D eigenvalue weighted by molar-refractivity contribution is 7.89. The predicted molar refractivity (Wildman–Crippen MR) is 98.4 cm³/mol. The molecule has 0 aliphatic heterocycles. The zero-order chi connectivity index (χ0) is 20.2. The van der Waals surface area contributed by atoms with Crippen LogP contribution in [-0.4, -0.2) is 31.6 Å². The first-order valence-electron chi connectivity index (χ1n) is 7.59. The van der Waals surface area contributed by atoms with Crippen LogP contribution in [-0.2, 0) is 14.8 Å². The minimum Gasteiger partial charge on any atom is -0.481 e. The summed E-state index contributed by atoms with van der Waals surface area (Å²) in [6, 6.07) is 12.6. The largest absolute Gasteiger partial charge is 0.481 e. The molecule has 3 rings (SSSR count). The molecule has 0 spiro atoms. The van der Waals surface area contributed by atoms with Crippen molar-refractivity contribution in [2.75, 3.05) is 7.11 Å². The molecule has 0 aliphatic carbocycles. The Morgan fingerprint density at radius 1 is 1.15 bits per heavy atom. The molecule has 0 amide bonds. The van der Waals surface area contributed by atoms with Crippen molar-refractivity contribution in [2.45, 2.75) is 11.8 Å². The smallest absolute Gasteiger partial charge is 0.300 e. The molecule has 1 aromatic heterocycles. The second-order valence-electron chi connectivity index (χ2n) is 5.44. The van der Waals surface area contributed by atoms with Crippen LogP contribution < -0.4 is 9.88 Å². The molecule has 3 aromatic rings. The van der Waals surface area contributed by atoms with Gasteiger partial charge in [-0.3, -0.25) is 4.79 Å². The van der Waals surface area contributed by atoms with Crippen molar-refractivity contribution in [2.24, 2.45) is 5.14 Å². The molecular weight excluding hydrogens is 375 g/mol. The van der Waals surface area contributed by atoms with Gasteiger partial charge in [0.25, 0.3) is 5.97 Å². The highest BCUT2D eigenvalue weighted by Gasteiger charge is 2.16. The number of ether oxygens (including phenoxy) is 1. The van der Waals surface area contributed by atoms with E-state index in [1.807, 2.05) is 24.3 Å². The van der Waals surface area contributed by atoms with Crippen LogP contribution in [0.4, 0.5) is 4.39 Å². The lowest BCUT2D eigenvalue weighted by atomic mass is 10.0. The maximum Gasteiger partial charge on any atom is 0.300 e. The van der Waals surface area contributed by atoms with Crippen molar-refractivity contribution >= 4 is 26.9 Å². The van der Waals surface area contributed by atoms with Crippen molar-refractivity contribution < 1.29 is 27.4 Å². The zero-order valence-electron chi connectivity index (χ0n) is 14.5. The van der Waals surface area contributed by atoms with Crippen LogP contribution in [0.2, 0.25) is 0 Å². The highest BCUT2D eigenvalue weighted by atomic mass is 32.2. The van der Waals surface area contributed by atoms with Gasteiger partial charge in [0.1, 0.15) is 5.82 Å². The molecule has 2 aromatic carbocycles. The standard InChI is InChI=1S/C16H13FN2O3S.C2H4O2/c1-22-16-13(8-10-4-2-3-5-15(10)19-16)12-7-6-11(9-14(12)17)23(18,20)21;1-2(3)4/h2-9H,1H3,(H2,18,20,21);1H3,(H,3,4). The molecule has 0 saturated carbocycles. The van der Waals surface area contributed by atoms with E-state index in [4.69, 9.17) is 19.8 Å². The fourth-order valence-corrected chi connectivity index (χ4v) is 2.86. The predicted octanol–water partition coefficient (Wildman–Crippen LogP) is 2.79. The molecule has 9 heteroatoms. The number of nitrogens with zero attached hydrogens (tertiary/aromatic N) is 1. The third kappa shape index (κ3) is 4.99. The number of carboxylic acid groups (broad SMARTS) is 1. The highest BCUT2D eigenvalue weighted by Crippen LogP contribution is 2.33. The Hall–Kier alpha value is -3.04. The maximum absolute atomic E-state index is 14.4. The average molecular weight is 392 g/mol. The number of carbonyl (C=O) groups is 1. The summed E-state index contributed by atoms with van der Waals surface area (Å²) in [5.74, 6) is -1.29. The van der Waals surface area contributed by atoms with Gasteiger partial charge in [-0.1, -0.05) is 18.2 Å². The van der Waals surface area contributed by atoms with Crippen LogP contribution in [0, 0.1) is 5.82 Å². The van der Waals surface area contributed by atoms with Gasteiger partial charge in [-0.05, 0) is 30.3 Å². The lowest BCUT2D eigenvalue weighted by Gasteiger charge is -2.11. The third-order valence-electron chi connectivity index (χ3n) is 3.44. The van der Waals surface area contributed by atoms with Crippen LogP contribution in [0.1, 0.15) is 6.92 Å². The van der Waals surface area contributed by atoms with Gasteiger partial charge >= 0.3 is 0 Å². The number of aromatic nitrogens is 1. The summed E-state index contributed by atoms with van der Waals surface area (Å²) in [5.41, 5.74) is 1.34. The Labute approximate surface area is 155 Å². The second kappa shape index (κ2) is 8.11. The van der Waals surface area contributed by atoms with Gasteiger partial charge in [-0.2, -0.15) is 0 Å². The van der Waals surface area contributed by atoms with Crippen LogP contribution in [0.5, 0.6) is 5.88 Å². The number of sulfonamides is 1. The van der Waals surface area contributed by atoms with E-state index in [9.17, 15) is 12.8 Å². The Morgan fingerprint density at radius 3 is 2.33 bits per heavy atom. The second-order valence-corrected chi connectivity index (χ2v) is 7.01. The quantitative estimate of drug-likeness (QED) is 0.707. The van der Waals surface area contributed by atoms with Crippen molar-refractivity contribution in [1.29, 1.82) is 0 Å². The molecule has 0 fully saturated rings. The summed E-state index contributed by atoms with van der Waals surface area (Å²) >= 11 is 0. The molecule has 7 nitrogen and oxygen atoms in total. The van der Waals surface area contributed by atoms with E-state index in [2.05, 4.69) is 4.98 Å². The van der Waals surface area contributed by atoms with Crippen LogP contribution in [0.25, 0.3) is 22.0 Å². The van der Waals surface area contributed by atoms with Crippen LogP contribution in [0.3, 0.4) is 0 Å². The third-order valence-corrected chi connectivity index (χ3v) is 4.35. The molecule has 0 unspecified atom stereocenters. The number of carboxylic acids is 1. The Bertz CT molecular complexity index is 1100. The number of methoxy groups -OCH3 is 1. The molecule has 0 radical (unpaired) electrons. The molecule has 0 bridgehead atoms. The first-order chi connectivity index (χ1) is 12.6. The number of fused-ring (bicyclic) bond motifs is 1.